The zero-order valence-electron chi connectivity index (χ0n) is 9.95. The van der Waals surface area contributed by atoms with Gasteiger partial charge in [0.25, 0.3) is 0 Å². The molecule has 1 heterocycles. The first-order chi connectivity index (χ1) is 6.98. The third-order valence-electron chi connectivity index (χ3n) is 3.06. The predicted molar refractivity (Wildman–Crippen MR) is 63.4 cm³/mol. The molecule has 1 aromatic rings. The molecule has 1 aliphatic carbocycles. The fraction of sp³-hybridized carbons (Fsp3) is 0.615. The molecule has 82 valence electrons. The molecule has 1 aromatic heterocycles. The number of allylic oxidation sites excluding steroid dienone is 1. The van der Waals surface area contributed by atoms with Gasteiger partial charge < -0.3 is 0 Å². The van der Waals surface area contributed by atoms with E-state index in [-0.39, 0.29) is 5.41 Å². The summed E-state index contributed by atoms with van der Waals surface area (Å²) in [6, 6.07) is 2.08. The lowest BCUT2D eigenvalue weighted by atomic mass is 9.85. The van der Waals surface area contributed by atoms with Gasteiger partial charge in [0.1, 0.15) is 0 Å². The lowest BCUT2D eigenvalue weighted by Gasteiger charge is -2.22. The van der Waals surface area contributed by atoms with Crippen molar-refractivity contribution >= 4 is 5.57 Å². The fourth-order valence-corrected chi connectivity index (χ4v) is 1.66. The average molecular weight is 204 g/mol. The predicted octanol–water partition coefficient (Wildman–Crippen LogP) is 3.35. The molecule has 0 spiro atoms. The van der Waals surface area contributed by atoms with E-state index in [0.717, 1.165) is 12.5 Å². The van der Waals surface area contributed by atoms with Crippen molar-refractivity contribution in [3.05, 3.63) is 24.5 Å². The van der Waals surface area contributed by atoms with Crippen LogP contribution in [-0.2, 0) is 6.54 Å². The van der Waals surface area contributed by atoms with E-state index >= 15 is 0 Å². The van der Waals surface area contributed by atoms with Crippen LogP contribution in [0.1, 0.15) is 39.3 Å². The molecule has 2 heteroatoms. The van der Waals surface area contributed by atoms with Gasteiger partial charge in [-0.3, -0.25) is 4.68 Å². The van der Waals surface area contributed by atoms with E-state index in [9.17, 15) is 0 Å². The molecule has 1 saturated carbocycles. The van der Waals surface area contributed by atoms with Gasteiger partial charge in [0.2, 0.25) is 0 Å². The molecule has 0 saturated heterocycles. The summed E-state index contributed by atoms with van der Waals surface area (Å²) in [4.78, 5) is 0. The Hall–Kier alpha value is -1.05. The van der Waals surface area contributed by atoms with Crippen molar-refractivity contribution in [3.8, 4) is 0 Å². The molecule has 0 N–H and O–H groups in total. The maximum absolute atomic E-state index is 4.39. The molecular weight excluding hydrogens is 184 g/mol. The maximum Gasteiger partial charge on any atom is 0.0641 e. The molecule has 0 radical (unpaired) electrons. The summed E-state index contributed by atoms with van der Waals surface area (Å²) >= 11 is 0. The van der Waals surface area contributed by atoms with Crippen LogP contribution in [0.3, 0.4) is 0 Å². The van der Waals surface area contributed by atoms with Crippen LogP contribution in [0, 0.1) is 11.3 Å². The SMILES string of the molecule is C=C(c1ccnn1CC1CC1)C(C)(C)C. The van der Waals surface area contributed by atoms with Gasteiger partial charge in [-0.05, 0) is 35.8 Å². The highest BCUT2D eigenvalue weighted by molar-refractivity contribution is 5.64. The Bertz CT molecular complexity index is 364. The Kier molecular flexibility index (Phi) is 2.45. The minimum absolute atomic E-state index is 0.126. The second-order valence-corrected chi connectivity index (χ2v) is 5.57. The molecule has 1 aliphatic rings. The zero-order chi connectivity index (χ0) is 11.1. The molecule has 0 atom stereocenters. The molecular formula is C13H20N2. The van der Waals surface area contributed by atoms with Crippen LogP contribution in [0.25, 0.3) is 5.57 Å². The monoisotopic (exact) mass is 204 g/mol. The molecule has 15 heavy (non-hydrogen) atoms. The molecule has 0 bridgehead atoms. The average Bonchev–Trinajstić information content (AvgIpc) is 2.80. The van der Waals surface area contributed by atoms with Gasteiger partial charge in [-0.15, -0.1) is 0 Å². The molecule has 0 aliphatic heterocycles. The van der Waals surface area contributed by atoms with Crippen LogP contribution < -0.4 is 0 Å². The Labute approximate surface area is 92.0 Å². The Morgan fingerprint density at radius 3 is 2.73 bits per heavy atom. The topological polar surface area (TPSA) is 17.8 Å². The van der Waals surface area contributed by atoms with Crippen molar-refractivity contribution in [2.24, 2.45) is 11.3 Å². The van der Waals surface area contributed by atoms with Crippen molar-refractivity contribution in [1.29, 1.82) is 0 Å². The van der Waals surface area contributed by atoms with Gasteiger partial charge in [-0.25, -0.2) is 0 Å². The van der Waals surface area contributed by atoms with Crippen molar-refractivity contribution < 1.29 is 0 Å². The Morgan fingerprint density at radius 1 is 1.53 bits per heavy atom. The third kappa shape index (κ3) is 2.31. The molecule has 0 amide bonds. The Balaban J connectivity index is 2.19. The summed E-state index contributed by atoms with van der Waals surface area (Å²) in [7, 11) is 0. The highest BCUT2D eigenvalue weighted by Crippen LogP contribution is 2.35. The van der Waals surface area contributed by atoms with Crippen LogP contribution in [0.2, 0.25) is 0 Å². The third-order valence-corrected chi connectivity index (χ3v) is 3.06. The molecule has 1 fully saturated rings. The summed E-state index contributed by atoms with van der Waals surface area (Å²) in [5, 5.41) is 4.39. The zero-order valence-corrected chi connectivity index (χ0v) is 9.95. The van der Waals surface area contributed by atoms with E-state index in [1.54, 1.807) is 0 Å². The molecule has 2 rings (SSSR count). The van der Waals surface area contributed by atoms with Gasteiger partial charge >= 0.3 is 0 Å². The van der Waals surface area contributed by atoms with Crippen molar-refractivity contribution in [3.63, 3.8) is 0 Å². The lowest BCUT2D eigenvalue weighted by Crippen LogP contribution is -2.13. The minimum Gasteiger partial charge on any atom is -0.265 e. The van der Waals surface area contributed by atoms with E-state index in [1.807, 2.05) is 6.20 Å². The van der Waals surface area contributed by atoms with Gasteiger partial charge in [-0.1, -0.05) is 27.4 Å². The summed E-state index contributed by atoms with van der Waals surface area (Å²) in [6.07, 6.45) is 4.61. The van der Waals surface area contributed by atoms with Crippen LogP contribution >= 0.6 is 0 Å². The quantitative estimate of drug-likeness (QED) is 0.738. The highest BCUT2D eigenvalue weighted by atomic mass is 15.3. The summed E-state index contributed by atoms with van der Waals surface area (Å²) in [5.74, 6) is 0.858. The van der Waals surface area contributed by atoms with E-state index in [1.165, 1.54) is 24.1 Å². The number of hydrogen-bond donors (Lipinski definition) is 0. The van der Waals surface area contributed by atoms with Gasteiger partial charge in [0.05, 0.1) is 5.69 Å². The summed E-state index contributed by atoms with van der Waals surface area (Å²) < 4.78 is 2.12. The van der Waals surface area contributed by atoms with Gasteiger partial charge in [-0.2, -0.15) is 5.10 Å². The summed E-state index contributed by atoms with van der Waals surface area (Å²) in [5.41, 5.74) is 2.51. The number of nitrogens with zero attached hydrogens (tertiary/aromatic N) is 2. The van der Waals surface area contributed by atoms with E-state index in [2.05, 4.69) is 43.2 Å². The largest absolute Gasteiger partial charge is 0.265 e. The smallest absolute Gasteiger partial charge is 0.0641 e. The van der Waals surface area contributed by atoms with E-state index < -0.39 is 0 Å². The van der Waals surface area contributed by atoms with Crippen molar-refractivity contribution in [2.75, 3.05) is 0 Å². The molecule has 0 unspecified atom stereocenters. The standard InChI is InChI=1S/C13H20N2/c1-10(13(2,3)4)12-7-8-14-15(12)9-11-5-6-11/h7-8,11H,1,5-6,9H2,2-4H3. The molecule has 2 nitrogen and oxygen atoms in total. The van der Waals surface area contributed by atoms with Crippen LogP contribution in [0.5, 0.6) is 0 Å². The first-order valence-corrected chi connectivity index (χ1v) is 5.70. The fourth-order valence-electron chi connectivity index (χ4n) is 1.66. The van der Waals surface area contributed by atoms with Crippen LogP contribution in [0.4, 0.5) is 0 Å². The second kappa shape index (κ2) is 3.51. The number of hydrogen-bond acceptors (Lipinski definition) is 1. The van der Waals surface area contributed by atoms with Crippen molar-refractivity contribution in [2.45, 2.75) is 40.2 Å². The number of aromatic nitrogens is 2. The van der Waals surface area contributed by atoms with Crippen molar-refractivity contribution in [1.82, 2.24) is 9.78 Å². The lowest BCUT2D eigenvalue weighted by molar-refractivity contribution is 0.527. The van der Waals surface area contributed by atoms with Crippen LogP contribution in [0.15, 0.2) is 18.8 Å². The van der Waals surface area contributed by atoms with Gasteiger partial charge in [0.15, 0.2) is 0 Å². The summed E-state index contributed by atoms with van der Waals surface area (Å²) in [6.45, 7) is 11.9. The first-order valence-electron chi connectivity index (χ1n) is 5.70. The molecule has 0 aromatic carbocycles. The number of rotatable bonds is 3. The highest BCUT2D eigenvalue weighted by Gasteiger charge is 2.25. The van der Waals surface area contributed by atoms with Gasteiger partial charge in [0, 0.05) is 12.7 Å². The second-order valence-electron chi connectivity index (χ2n) is 5.57. The Morgan fingerprint density at radius 2 is 2.20 bits per heavy atom. The normalized spacial score (nSPS) is 16.7. The van der Waals surface area contributed by atoms with Crippen LogP contribution in [-0.4, -0.2) is 9.78 Å². The van der Waals surface area contributed by atoms with E-state index in [0.29, 0.717) is 0 Å². The minimum atomic E-state index is 0.126. The first kappa shape index (κ1) is 10.5. The maximum atomic E-state index is 4.39. The van der Waals surface area contributed by atoms with E-state index in [4.69, 9.17) is 0 Å².